The van der Waals surface area contributed by atoms with Crippen LogP contribution in [-0.4, -0.2) is 21.2 Å². The molecule has 1 spiro atoms. The molecule has 0 bridgehead atoms. The summed E-state index contributed by atoms with van der Waals surface area (Å²) in [5, 5.41) is 10.9. The van der Waals surface area contributed by atoms with Crippen LogP contribution >= 0.6 is 0 Å². The number of amides is 1. The van der Waals surface area contributed by atoms with Gasteiger partial charge in [-0.3, -0.25) is 9.48 Å². The Labute approximate surface area is 107 Å². The van der Waals surface area contributed by atoms with E-state index in [1.807, 2.05) is 18.7 Å². The Morgan fingerprint density at radius 2 is 1.89 bits per heavy atom. The molecule has 1 saturated carbocycles. The Bertz CT molecular complexity index is 483. The van der Waals surface area contributed by atoms with Crippen LogP contribution in [0.3, 0.4) is 0 Å². The van der Waals surface area contributed by atoms with Crippen molar-refractivity contribution in [1.29, 1.82) is 0 Å². The van der Waals surface area contributed by atoms with Gasteiger partial charge in [0.25, 0.3) is 0 Å². The summed E-state index contributed by atoms with van der Waals surface area (Å²) in [5.41, 5.74) is 1.30. The van der Waals surface area contributed by atoms with Crippen molar-refractivity contribution in [3.8, 4) is 0 Å². The van der Waals surface area contributed by atoms with Gasteiger partial charge in [-0.2, -0.15) is 5.10 Å². The Hall–Kier alpha value is -1.52. The minimum Gasteiger partial charge on any atom is -0.354 e. The Morgan fingerprint density at radius 1 is 1.22 bits per heavy atom. The molecule has 3 rings (SSSR count). The van der Waals surface area contributed by atoms with E-state index in [1.165, 1.54) is 12.8 Å². The second-order valence-electron chi connectivity index (χ2n) is 5.51. The van der Waals surface area contributed by atoms with Gasteiger partial charge in [-0.05, 0) is 19.8 Å². The topological polar surface area (TPSA) is 59.0 Å². The molecule has 1 amide bonds. The van der Waals surface area contributed by atoms with E-state index in [0.29, 0.717) is 0 Å². The number of anilines is 2. The molecule has 5 heteroatoms. The molecule has 1 aromatic heterocycles. The average Bonchev–Trinajstić information content (AvgIpc) is 2.56. The van der Waals surface area contributed by atoms with Crippen LogP contribution in [0.25, 0.3) is 0 Å². The van der Waals surface area contributed by atoms with Crippen molar-refractivity contribution in [3.63, 3.8) is 0 Å². The lowest BCUT2D eigenvalue weighted by Crippen LogP contribution is -2.52. The van der Waals surface area contributed by atoms with Crippen LogP contribution in [0.4, 0.5) is 11.5 Å². The molecule has 0 radical (unpaired) electrons. The first-order valence-corrected chi connectivity index (χ1v) is 6.76. The van der Waals surface area contributed by atoms with Gasteiger partial charge in [0.15, 0.2) is 0 Å². The molecule has 0 unspecified atom stereocenters. The summed E-state index contributed by atoms with van der Waals surface area (Å²) < 4.78 is 1.83. The van der Waals surface area contributed by atoms with Crippen molar-refractivity contribution in [2.75, 3.05) is 10.6 Å². The van der Waals surface area contributed by atoms with Gasteiger partial charge in [0, 0.05) is 7.05 Å². The standard InChI is InChI=1S/C13H20N4O/c1-9-10-11(17(2)16-9)15-13(12(18)14-10)7-5-3-4-6-8-13/h15H,3-8H2,1-2H3,(H,14,18). The molecule has 0 atom stereocenters. The third-order valence-corrected chi connectivity index (χ3v) is 4.21. The molecule has 2 N–H and O–H groups in total. The monoisotopic (exact) mass is 248 g/mol. The number of nitrogens with zero attached hydrogens (tertiary/aromatic N) is 2. The predicted molar refractivity (Wildman–Crippen MR) is 70.6 cm³/mol. The quantitative estimate of drug-likeness (QED) is 0.740. The van der Waals surface area contributed by atoms with Crippen molar-refractivity contribution in [1.82, 2.24) is 9.78 Å². The van der Waals surface area contributed by atoms with Crippen molar-refractivity contribution < 1.29 is 4.79 Å². The molecular formula is C13H20N4O. The number of hydrogen-bond acceptors (Lipinski definition) is 3. The van der Waals surface area contributed by atoms with Gasteiger partial charge in [0.1, 0.15) is 17.0 Å². The fraction of sp³-hybridized carbons (Fsp3) is 0.692. The molecule has 1 fully saturated rings. The summed E-state index contributed by atoms with van der Waals surface area (Å²) in [6.45, 7) is 1.92. The van der Waals surface area contributed by atoms with Crippen molar-refractivity contribution in [2.45, 2.75) is 51.0 Å². The van der Waals surface area contributed by atoms with E-state index >= 15 is 0 Å². The zero-order valence-electron chi connectivity index (χ0n) is 11.0. The number of aromatic nitrogens is 2. The first kappa shape index (κ1) is 11.6. The van der Waals surface area contributed by atoms with Crippen molar-refractivity contribution in [2.24, 2.45) is 7.05 Å². The fourth-order valence-electron chi connectivity index (χ4n) is 3.15. The predicted octanol–water partition coefficient (Wildman–Crippen LogP) is 2.19. The fourth-order valence-corrected chi connectivity index (χ4v) is 3.15. The molecule has 2 aliphatic rings. The largest absolute Gasteiger partial charge is 0.354 e. The average molecular weight is 248 g/mol. The minimum atomic E-state index is -0.413. The maximum Gasteiger partial charge on any atom is 0.250 e. The lowest BCUT2D eigenvalue weighted by atomic mass is 9.87. The normalized spacial score (nSPS) is 22.0. The van der Waals surface area contributed by atoms with E-state index in [2.05, 4.69) is 15.7 Å². The maximum atomic E-state index is 12.4. The number of nitrogens with one attached hydrogen (secondary N) is 2. The lowest BCUT2D eigenvalue weighted by Gasteiger charge is -2.37. The Morgan fingerprint density at radius 3 is 2.56 bits per heavy atom. The zero-order chi connectivity index (χ0) is 12.8. The molecule has 18 heavy (non-hydrogen) atoms. The molecule has 2 heterocycles. The van der Waals surface area contributed by atoms with Gasteiger partial charge < -0.3 is 10.6 Å². The van der Waals surface area contributed by atoms with Crippen LogP contribution in [0.5, 0.6) is 0 Å². The highest BCUT2D eigenvalue weighted by Crippen LogP contribution is 2.39. The van der Waals surface area contributed by atoms with E-state index in [0.717, 1.165) is 42.9 Å². The number of rotatable bonds is 0. The number of carbonyl (C=O) groups is 1. The van der Waals surface area contributed by atoms with Gasteiger partial charge in [0.05, 0.1) is 5.69 Å². The minimum absolute atomic E-state index is 0.119. The van der Waals surface area contributed by atoms with E-state index in [4.69, 9.17) is 0 Å². The third-order valence-electron chi connectivity index (χ3n) is 4.21. The smallest absolute Gasteiger partial charge is 0.250 e. The van der Waals surface area contributed by atoms with E-state index in [-0.39, 0.29) is 5.91 Å². The van der Waals surface area contributed by atoms with Gasteiger partial charge in [-0.15, -0.1) is 0 Å². The van der Waals surface area contributed by atoms with Crippen LogP contribution in [0.15, 0.2) is 0 Å². The van der Waals surface area contributed by atoms with Crippen molar-refractivity contribution >= 4 is 17.4 Å². The summed E-state index contributed by atoms with van der Waals surface area (Å²) >= 11 is 0. The number of aryl methyl sites for hydroxylation is 2. The number of fused-ring (bicyclic) bond motifs is 1. The molecule has 0 saturated heterocycles. The maximum absolute atomic E-state index is 12.4. The van der Waals surface area contributed by atoms with Crippen LogP contribution in [-0.2, 0) is 11.8 Å². The summed E-state index contributed by atoms with van der Waals surface area (Å²) in [4.78, 5) is 12.4. The number of hydrogen-bond donors (Lipinski definition) is 2. The van der Waals surface area contributed by atoms with E-state index in [1.54, 1.807) is 0 Å². The van der Waals surface area contributed by atoms with E-state index < -0.39 is 5.54 Å². The van der Waals surface area contributed by atoms with Gasteiger partial charge in [0.2, 0.25) is 5.91 Å². The number of carbonyl (C=O) groups excluding carboxylic acids is 1. The van der Waals surface area contributed by atoms with E-state index in [9.17, 15) is 4.79 Å². The second kappa shape index (κ2) is 4.00. The first-order valence-electron chi connectivity index (χ1n) is 6.76. The van der Waals surface area contributed by atoms with Crippen LogP contribution in [0, 0.1) is 6.92 Å². The highest BCUT2D eigenvalue weighted by atomic mass is 16.2. The molecule has 0 aromatic carbocycles. The van der Waals surface area contributed by atoms with Crippen LogP contribution in [0.2, 0.25) is 0 Å². The summed E-state index contributed by atoms with van der Waals surface area (Å²) in [7, 11) is 1.92. The molecule has 1 aliphatic carbocycles. The lowest BCUT2D eigenvalue weighted by molar-refractivity contribution is -0.121. The molecule has 1 aliphatic heterocycles. The van der Waals surface area contributed by atoms with Crippen LogP contribution in [0.1, 0.15) is 44.2 Å². The summed E-state index contributed by atoms with van der Waals surface area (Å²) in [6, 6.07) is 0. The molecule has 1 aromatic rings. The summed E-state index contributed by atoms with van der Waals surface area (Å²) in [5.74, 6) is 1.07. The zero-order valence-corrected chi connectivity index (χ0v) is 11.0. The van der Waals surface area contributed by atoms with Gasteiger partial charge >= 0.3 is 0 Å². The Kier molecular flexibility index (Phi) is 2.57. The SMILES string of the molecule is Cc1nn(C)c2c1NC(=O)C1(CCCCCC1)N2. The molecule has 98 valence electrons. The van der Waals surface area contributed by atoms with Crippen molar-refractivity contribution in [3.05, 3.63) is 5.69 Å². The third kappa shape index (κ3) is 1.61. The summed E-state index contributed by atoms with van der Waals surface area (Å²) in [6.07, 6.45) is 6.53. The van der Waals surface area contributed by atoms with Gasteiger partial charge in [-0.1, -0.05) is 25.7 Å². The highest BCUT2D eigenvalue weighted by Gasteiger charge is 2.43. The molecular weight excluding hydrogens is 228 g/mol. The molecule has 5 nitrogen and oxygen atoms in total. The highest BCUT2D eigenvalue weighted by molar-refractivity contribution is 6.06. The Balaban J connectivity index is 1.99. The second-order valence-corrected chi connectivity index (χ2v) is 5.51. The van der Waals surface area contributed by atoms with Gasteiger partial charge in [-0.25, -0.2) is 0 Å². The first-order chi connectivity index (χ1) is 8.62. The van der Waals surface area contributed by atoms with Crippen LogP contribution < -0.4 is 10.6 Å².